The minimum absolute atomic E-state index is 0.0901. The van der Waals surface area contributed by atoms with Crippen LogP contribution in [0.5, 0.6) is 11.5 Å². The van der Waals surface area contributed by atoms with E-state index in [-0.39, 0.29) is 22.6 Å². The fraction of sp³-hybridized carbons (Fsp3) is 0.194. The van der Waals surface area contributed by atoms with Gasteiger partial charge in [-0.1, -0.05) is 54.1 Å². The number of benzene rings is 4. The molecule has 0 bridgehead atoms. The van der Waals surface area contributed by atoms with Crippen LogP contribution < -0.4 is 9.64 Å². The lowest BCUT2D eigenvalue weighted by atomic mass is 10.0. The van der Waals surface area contributed by atoms with Gasteiger partial charge in [0.15, 0.2) is 5.75 Å². The van der Waals surface area contributed by atoms with E-state index in [1.54, 1.807) is 30.3 Å². The van der Waals surface area contributed by atoms with Crippen LogP contribution in [0.3, 0.4) is 0 Å². The Morgan fingerprint density at radius 3 is 2.42 bits per heavy atom. The molecular weight excluding hydrogens is 542 g/mol. The number of nitrogens with zero attached hydrogens (tertiary/aromatic N) is 3. The normalized spacial score (nSPS) is 13.8. The van der Waals surface area contributed by atoms with Crippen molar-refractivity contribution in [3.63, 3.8) is 0 Å². The number of hydrogen-bond donors (Lipinski definition) is 0. The van der Waals surface area contributed by atoms with E-state index in [1.807, 2.05) is 24.3 Å². The van der Waals surface area contributed by atoms with Crippen molar-refractivity contribution in [1.29, 1.82) is 0 Å². The Kier molecular flexibility index (Phi) is 6.88. The van der Waals surface area contributed by atoms with Gasteiger partial charge in [-0.2, -0.15) is 18.3 Å². The standard InChI is InChI=1S/C31H24ClF4N3O/c32-22-14-13-21(26(33)18-22)19-39-30(24-9-6-10-25(29(24)37-39)31(34,35)36)20-7-5-8-23(17-20)40-28-12-2-1-11-27(28)38-15-3-4-16-38/h1-2,5-14,17-18H,3-4,15-16,19H2. The first-order valence-corrected chi connectivity index (χ1v) is 13.3. The van der Waals surface area contributed by atoms with Crippen molar-refractivity contribution in [2.75, 3.05) is 18.0 Å². The van der Waals surface area contributed by atoms with Crippen LogP contribution in [0.2, 0.25) is 5.02 Å². The molecule has 5 aromatic rings. The van der Waals surface area contributed by atoms with Gasteiger partial charge in [-0.25, -0.2) is 4.39 Å². The van der Waals surface area contributed by atoms with Crippen LogP contribution in [0.15, 0.2) is 84.9 Å². The van der Waals surface area contributed by atoms with Crippen LogP contribution in [0, 0.1) is 5.82 Å². The molecule has 4 aromatic carbocycles. The van der Waals surface area contributed by atoms with E-state index < -0.39 is 17.6 Å². The smallest absolute Gasteiger partial charge is 0.418 e. The fourth-order valence-corrected chi connectivity index (χ4v) is 5.37. The predicted octanol–water partition coefficient (Wildman–Crippen LogP) is 8.96. The highest BCUT2D eigenvalue weighted by atomic mass is 35.5. The summed E-state index contributed by atoms with van der Waals surface area (Å²) in [5.74, 6) is 0.654. The molecule has 0 unspecified atom stereocenters. The second-order valence-corrected chi connectivity index (χ2v) is 10.2. The quantitative estimate of drug-likeness (QED) is 0.192. The van der Waals surface area contributed by atoms with Crippen molar-refractivity contribution in [2.45, 2.75) is 25.6 Å². The lowest BCUT2D eigenvalue weighted by Crippen LogP contribution is -2.18. The summed E-state index contributed by atoms with van der Waals surface area (Å²) in [6, 6.07) is 23.1. The maximum absolute atomic E-state index is 14.7. The minimum Gasteiger partial charge on any atom is -0.455 e. The molecule has 1 aliphatic heterocycles. The maximum Gasteiger partial charge on any atom is 0.418 e. The van der Waals surface area contributed by atoms with E-state index in [2.05, 4.69) is 10.00 Å². The molecule has 0 radical (unpaired) electrons. The molecule has 1 aliphatic rings. The first-order chi connectivity index (χ1) is 19.3. The van der Waals surface area contributed by atoms with E-state index in [1.165, 1.54) is 28.9 Å². The van der Waals surface area contributed by atoms with E-state index in [9.17, 15) is 17.6 Å². The summed E-state index contributed by atoms with van der Waals surface area (Å²) in [5, 5.41) is 4.88. The van der Waals surface area contributed by atoms with Crippen molar-refractivity contribution >= 4 is 28.2 Å². The zero-order chi connectivity index (χ0) is 27.9. The van der Waals surface area contributed by atoms with E-state index in [0.717, 1.165) is 37.7 Å². The lowest BCUT2D eigenvalue weighted by Gasteiger charge is -2.21. The highest BCUT2D eigenvalue weighted by molar-refractivity contribution is 6.30. The molecular formula is C31H24ClF4N3O. The molecule has 9 heteroatoms. The van der Waals surface area contributed by atoms with Crippen molar-refractivity contribution in [3.05, 3.63) is 107 Å². The first-order valence-electron chi connectivity index (χ1n) is 12.9. The predicted molar refractivity (Wildman–Crippen MR) is 149 cm³/mol. The average Bonchev–Trinajstić information content (AvgIpc) is 3.58. The van der Waals surface area contributed by atoms with Crippen LogP contribution in [-0.2, 0) is 12.7 Å². The molecule has 0 saturated carbocycles. The summed E-state index contributed by atoms with van der Waals surface area (Å²) >= 11 is 5.91. The van der Waals surface area contributed by atoms with E-state index in [0.29, 0.717) is 28.1 Å². The van der Waals surface area contributed by atoms with Gasteiger partial charge in [0.1, 0.15) is 17.1 Å². The molecule has 1 saturated heterocycles. The summed E-state index contributed by atoms with van der Waals surface area (Å²) < 4.78 is 64.2. The number of aromatic nitrogens is 2. The highest BCUT2D eigenvalue weighted by Crippen LogP contribution is 2.40. The number of alkyl halides is 3. The third kappa shape index (κ3) is 5.11. The minimum atomic E-state index is -4.61. The van der Waals surface area contributed by atoms with Gasteiger partial charge in [0, 0.05) is 34.6 Å². The molecule has 4 nitrogen and oxygen atoms in total. The van der Waals surface area contributed by atoms with Crippen LogP contribution in [0.4, 0.5) is 23.2 Å². The topological polar surface area (TPSA) is 30.3 Å². The molecule has 6 rings (SSSR count). The number of rotatable bonds is 6. The van der Waals surface area contributed by atoms with Gasteiger partial charge in [-0.15, -0.1) is 0 Å². The summed E-state index contributed by atoms with van der Waals surface area (Å²) in [5.41, 5.74) is 1.20. The molecule has 1 aromatic heterocycles. The molecule has 0 spiro atoms. The Morgan fingerprint density at radius 1 is 0.875 bits per heavy atom. The largest absolute Gasteiger partial charge is 0.455 e. The van der Waals surface area contributed by atoms with Gasteiger partial charge in [-0.3, -0.25) is 4.68 Å². The van der Waals surface area contributed by atoms with Gasteiger partial charge in [0.2, 0.25) is 0 Å². The van der Waals surface area contributed by atoms with Crippen LogP contribution in [-0.4, -0.2) is 22.9 Å². The van der Waals surface area contributed by atoms with Gasteiger partial charge in [0.25, 0.3) is 0 Å². The number of ether oxygens (including phenoxy) is 1. The van der Waals surface area contributed by atoms with Crippen molar-refractivity contribution in [3.8, 4) is 22.8 Å². The Bertz CT molecular complexity index is 1690. The Morgan fingerprint density at radius 2 is 1.65 bits per heavy atom. The number of hydrogen-bond acceptors (Lipinski definition) is 3. The van der Waals surface area contributed by atoms with E-state index >= 15 is 0 Å². The Balaban J connectivity index is 1.45. The summed E-state index contributed by atoms with van der Waals surface area (Å²) in [4.78, 5) is 2.28. The maximum atomic E-state index is 14.7. The van der Waals surface area contributed by atoms with Crippen molar-refractivity contribution < 1.29 is 22.3 Å². The van der Waals surface area contributed by atoms with Crippen LogP contribution >= 0.6 is 11.6 Å². The van der Waals surface area contributed by atoms with Crippen LogP contribution in [0.25, 0.3) is 22.2 Å². The van der Waals surface area contributed by atoms with Crippen LogP contribution in [0.1, 0.15) is 24.0 Å². The molecule has 204 valence electrons. The summed E-state index contributed by atoms with van der Waals surface area (Å²) in [6.07, 6.45) is -2.37. The highest BCUT2D eigenvalue weighted by Gasteiger charge is 2.34. The monoisotopic (exact) mass is 565 g/mol. The summed E-state index contributed by atoms with van der Waals surface area (Å²) in [6.45, 7) is 1.82. The van der Waals surface area contributed by atoms with E-state index in [4.69, 9.17) is 16.3 Å². The lowest BCUT2D eigenvalue weighted by molar-refractivity contribution is -0.136. The molecule has 0 N–H and O–H groups in total. The SMILES string of the molecule is Fc1cc(Cl)ccc1Cn1nc2c(C(F)(F)F)cccc2c1-c1cccc(Oc2ccccc2N2CCCC2)c1. The van der Waals surface area contributed by atoms with Gasteiger partial charge in [-0.05, 0) is 55.3 Å². The Labute approximate surface area is 233 Å². The number of halogens is 5. The molecule has 2 heterocycles. The number of anilines is 1. The number of para-hydroxylation sites is 2. The van der Waals surface area contributed by atoms with Gasteiger partial charge >= 0.3 is 6.18 Å². The fourth-order valence-electron chi connectivity index (χ4n) is 5.21. The Hall–Kier alpha value is -4.04. The third-order valence-electron chi connectivity index (χ3n) is 7.06. The first kappa shape index (κ1) is 26.2. The molecule has 0 aliphatic carbocycles. The molecule has 1 fully saturated rings. The molecule has 0 amide bonds. The summed E-state index contributed by atoms with van der Waals surface area (Å²) in [7, 11) is 0. The number of fused-ring (bicyclic) bond motifs is 1. The van der Waals surface area contributed by atoms with Gasteiger partial charge < -0.3 is 9.64 Å². The third-order valence-corrected chi connectivity index (χ3v) is 7.29. The van der Waals surface area contributed by atoms with Crippen molar-refractivity contribution in [1.82, 2.24) is 9.78 Å². The molecule has 40 heavy (non-hydrogen) atoms. The zero-order valence-corrected chi connectivity index (χ0v) is 22.0. The average molecular weight is 566 g/mol. The van der Waals surface area contributed by atoms with Gasteiger partial charge in [0.05, 0.1) is 23.5 Å². The molecule has 0 atom stereocenters. The second kappa shape index (κ2) is 10.5. The van der Waals surface area contributed by atoms with Crippen molar-refractivity contribution in [2.24, 2.45) is 0 Å². The second-order valence-electron chi connectivity index (χ2n) is 9.73. The zero-order valence-electron chi connectivity index (χ0n) is 21.3.